The Kier molecular flexibility index (Phi) is 4.44. The lowest BCUT2D eigenvalue weighted by Gasteiger charge is -2.30. The molecular weight excluding hydrogens is 264 g/mol. The van der Waals surface area contributed by atoms with Crippen LogP contribution in [0, 0.1) is 5.92 Å². The predicted molar refractivity (Wildman–Crippen MR) is 82.4 cm³/mol. The molecule has 2 heterocycles. The first-order valence-corrected chi connectivity index (χ1v) is 7.97. The summed E-state index contributed by atoms with van der Waals surface area (Å²) in [5.74, 6) is 0.967. The molecule has 4 heteroatoms. The first kappa shape index (κ1) is 14.4. The lowest BCUT2D eigenvalue weighted by molar-refractivity contribution is -0.126. The van der Waals surface area contributed by atoms with E-state index in [1.807, 2.05) is 24.3 Å². The van der Waals surface area contributed by atoms with Crippen molar-refractivity contribution < 1.29 is 9.53 Å². The second-order valence-corrected chi connectivity index (χ2v) is 6.26. The number of fused-ring (bicyclic) bond motifs is 1. The second-order valence-electron chi connectivity index (χ2n) is 6.26. The van der Waals surface area contributed by atoms with Gasteiger partial charge in [0, 0.05) is 18.6 Å². The van der Waals surface area contributed by atoms with E-state index < -0.39 is 0 Å². The van der Waals surface area contributed by atoms with Gasteiger partial charge in [-0.15, -0.1) is 0 Å². The molecule has 0 radical (unpaired) electrons. The number of piperidine rings is 1. The van der Waals surface area contributed by atoms with E-state index in [4.69, 9.17) is 4.74 Å². The first-order valence-electron chi connectivity index (χ1n) is 7.97. The number of hydrogen-bond acceptors (Lipinski definition) is 3. The summed E-state index contributed by atoms with van der Waals surface area (Å²) in [6.45, 7) is 3.42. The Morgan fingerprint density at radius 3 is 3.10 bits per heavy atom. The van der Waals surface area contributed by atoms with Gasteiger partial charge in [0.1, 0.15) is 12.4 Å². The third-order valence-electron chi connectivity index (χ3n) is 4.48. The van der Waals surface area contributed by atoms with Gasteiger partial charge in [-0.3, -0.25) is 4.79 Å². The van der Waals surface area contributed by atoms with E-state index in [2.05, 4.69) is 17.6 Å². The van der Waals surface area contributed by atoms with Gasteiger partial charge >= 0.3 is 0 Å². The van der Waals surface area contributed by atoms with E-state index in [0.29, 0.717) is 18.7 Å². The van der Waals surface area contributed by atoms with Gasteiger partial charge in [-0.05, 0) is 37.8 Å². The summed E-state index contributed by atoms with van der Waals surface area (Å²) in [5.41, 5.74) is 1.13. The molecule has 1 amide bonds. The number of nitrogens with one attached hydrogen (secondary N) is 2. The normalized spacial score (nSPS) is 28.3. The van der Waals surface area contributed by atoms with Crippen LogP contribution in [0.15, 0.2) is 24.3 Å². The molecule has 1 saturated heterocycles. The highest BCUT2D eigenvalue weighted by atomic mass is 16.5. The maximum Gasteiger partial charge on any atom is 0.226 e. The summed E-state index contributed by atoms with van der Waals surface area (Å²) in [6.07, 6.45) is 4.40. The highest BCUT2D eigenvalue weighted by molar-refractivity contribution is 5.79. The molecule has 0 saturated carbocycles. The summed E-state index contributed by atoms with van der Waals surface area (Å²) < 4.78 is 5.69. The van der Waals surface area contributed by atoms with Gasteiger partial charge < -0.3 is 15.4 Å². The Balaban J connectivity index is 1.50. The Labute approximate surface area is 126 Å². The Morgan fingerprint density at radius 2 is 2.24 bits per heavy atom. The molecule has 3 unspecified atom stereocenters. The number of carbonyl (C=O) groups excluding carboxylic acids is 1. The predicted octanol–water partition coefficient (Wildman–Crippen LogP) is 1.88. The van der Waals surface area contributed by atoms with E-state index in [0.717, 1.165) is 30.7 Å². The zero-order valence-electron chi connectivity index (χ0n) is 12.6. The minimum atomic E-state index is -0.0686. The van der Waals surface area contributed by atoms with Crippen LogP contribution in [0.3, 0.4) is 0 Å². The molecular formula is C17H24N2O2. The largest absolute Gasteiger partial charge is 0.492 e. The van der Waals surface area contributed by atoms with E-state index in [1.165, 1.54) is 12.8 Å². The fourth-order valence-electron chi connectivity index (χ4n) is 3.27. The van der Waals surface area contributed by atoms with Gasteiger partial charge in [0.05, 0.1) is 5.92 Å². The molecule has 4 nitrogen and oxygen atoms in total. The lowest BCUT2D eigenvalue weighted by Crippen LogP contribution is -2.49. The molecule has 2 aliphatic heterocycles. The Bertz CT molecular complexity index is 503. The topological polar surface area (TPSA) is 50.4 Å². The molecule has 0 bridgehead atoms. The molecule has 2 N–H and O–H groups in total. The van der Waals surface area contributed by atoms with Crippen LogP contribution in [0.5, 0.6) is 5.75 Å². The number of amides is 1. The summed E-state index contributed by atoms with van der Waals surface area (Å²) in [6, 6.07) is 8.95. The highest BCUT2D eigenvalue weighted by Gasteiger charge is 2.26. The maximum atomic E-state index is 12.3. The SMILES string of the molecule is CC1CCCC(CNC(=O)C2COc3ccccc3C2)N1. The van der Waals surface area contributed by atoms with Gasteiger partial charge in [-0.1, -0.05) is 24.6 Å². The van der Waals surface area contributed by atoms with Crippen LogP contribution in [0.1, 0.15) is 31.7 Å². The third kappa shape index (κ3) is 3.56. The summed E-state index contributed by atoms with van der Waals surface area (Å²) >= 11 is 0. The average molecular weight is 288 g/mol. The van der Waals surface area contributed by atoms with Gasteiger partial charge in [-0.25, -0.2) is 0 Å². The zero-order valence-corrected chi connectivity index (χ0v) is 12.6. The van der Waals surface area contributed by atoms with Gasteiger partial charge in [-0.2, -0.15) is 0 Å². The molecule has 3 atom stereocenters. The standard InChI is InChI=1S/C17H24N2O2/c1-12-5-4-7-15(19-12)10-18-17(20)14-9-13-6-2-3-8-16(13)21-11-14/h2-3,6,8,12,14-15,19H,4-5,7,9-11H2,1H3,(H,18,20). The minimum Gasteiger partial charge on any atom is -0.492 e. The van der Waals surface area contributed by atoms with E-state index in [9.17, 15) is 4.79 Å². The maximum absolute atomic E-state index is 12.3. The Hall–Kier alpha value is -1.55. The van der Waals surface area contributed by atoms with Crippen LogP contribution < -0.4 is 15.4 Å². The van der Waals surface area contributed by atoms with Crippen LogP contribution in [0.2, 0.25) is 0 Å². The van der Waals surface area contributed by atoms with E-state index in [1.54, 1.807) is 0 Å². The molecule has 1 aromatic carbocycles. The van der Waals surface area contributed by atoms with Crippen molar-refractivity contribution in [1.82, 2.24) is 10.6 Å². The highest BCUT2D eigenvalue weighted by Crippen LogP contribution is 2.26. The van der Waals surface area contributed by atoms with Crippen LogP contribution in [0.25, 0.3) is 0 Å². The van der Waals surface area contributed by atoms with E-state index in [-0.39, 0.29) is 11.8 Å². The van der Waals surface area contributed by atoms with Crippen molar-refractivity contribution in [3.63, 3.8) is 0 Å². The quantitative estimate of drug-likeness (QED) is 0.893. The molecule has 0 aromatic heterocycles. The van der Waals surface area contributed by atoms with Crippen molar-refractivity contribution in [3.05, 3.63) is 29.8 Å². The average Bonchev–Trinajstić information content (AvgIpc) is 2.52. The van der Waals surface area contributed by atoms with E-state index >= 15 is 0 Å². The smallest absolute Gasteiger partial charge is 0.226 e. The van der Waals surface area contributed by atoms with Crippen LogP contribution in [-0.2, 0) is 11.2 Å². The number of hydrogen-bond donors (Lipinski definition) is 2. The number of carbonyl (C=O) groups is 1. The lowest BCUT2D eigenvalue weighted by atomic mass is 9.95. The number of para-hydroxylation sites is 1. The molecule has 3 rings (SSSR count). The summed E-state index contributed by atoms with van der Waals surface area (Å²) in [7, 11) is 0. The van der Waals surface area contributed by atoms with Gasteiger partial charge in [0.2, 0.25) is 5.91 Å². The first-order chi connectivity index (χ1) is 10.2. The van der Waals surface area contributed by atoms with Crippen molar-refractivity contribution >= 4 is 5.91 Å². The van der Waals surface area contributed by atoms with Crippen molar-refractivity contribution in [2.24, 2.45) is 5.92 Å². The van der Waals surface area contributed by atoms with Crippen molar-refractivity contribution in [2.75, 3.05) is 13.2 Å². The van der Waals surface area contributed by atoms with Crippen LogP contribution >= 0.6 is 0 Å². The molecule has 114 valence electrons. The fraction of sp³-hybridized carbons (Fsp3) is 0.588. The van der Waals surface area contributed by atoms with Gasteiger partial charge in [0.15, 0.2) is 0 Å². The zero-order chi connectivity index (χ0) is 14.7. The monoisotopic (exact) mass is 288 g/mol. The molecule has 1 fully saturated rings. The Morgan fingerprint density at radius 1 is 1.38 bits per heavy atom. The number of benzene rings is 1. The molecule has 21 heavy (non-hydrogen) atoms. The number of ether oxygens (including phenoxy) is 1. The third-order valence-corrected chi connectivity index (χ3v) is 4.48. The van der Waals surface area contributed by atoms with Crippen LogP contribution in [0.4, 0.5) is 0 Å². The summed E-state index contributed by atoms with van der Waals surface area (Å²) in [4.78, 5) is 12.3. The van der Waals surface area contributed by atoms with Crippen molar-refractivity contribution in [2.45, 2.75) is 44.7 Å². The van der Waals surface area contributed by atoms with Crippen molar-refractivity contribution in [3.8, 4) is 5.75 Å². The molecule has 0 aliphatic carbocycles. The second kappa shape index (κ2) is 6.48. The van der Waals surface area contributed by atoms with Gasteiger partial charge in [0.25, 0.3) is 0 Å². The molecule has 0 spiro atoms. The minimum absolute atomic E-state index is 0.0686. The fourth-order valence-corrected chi connectivity index (χ4v) is 3.27. The molecule has 1 aromatic rings. The van der Waals surface area contributed by atoms with Crippen molar-refractivity contribution in [1.29, 1.82) is 0 Å². The van der Waals surface area contributed by atoms with Crippen LogP contribution in [-0.4, -0.2) is 31.1 Å². The summed E-state index contributed by atoms with van der Waals surface area (Å²) in [5, 5.41) is 6.64. The molecule has 2 aliphatic rings. The number of rotatable bonds is 3.